The summed E-state index contributed by atoms with van der Waals surface area (Å²) in [5.41, 5.74) is 0.411. The molecule has 2 rings (SSSR count). The maximum absolute atomic E-state index is 11.4. The number of rotatable bonds is 3. The lowest BCUT2D eigenvalue weighted by atomic mass is 10.2. The first kappa shape index (κ1) is 12.2. The summed E-state index contributed by atoms with van der Waals surface area (Å²) in [6.45, 7) is 3.53. The fourth-order valence-corrected chi connectivity index (χ4v) is 1.67. The number of pyridine rings is 1. The van der Waals surface area contributed by atoms with Crippen LogP contribution in [0, 0.1) is 11.3 Å². The van der Waals surface area contributed by atoms with Crippen LogP contribution in [0.3, 0.4) is 0 Å². The lowest BCUT2D eigenvalue weighted by Gasteiger charge is -2.38. The zero-order valence-corrected chi connectivity index (χ0v) is 10.1. The van der Waals surface area contributed by atoms with Gasteiger partial charge in [0.25, 0.3) is 0 Å². The summed E-state index contributed by atoms with van der Waals surface area (Å²) in [5.74, 6) is 0.334. The molecule has 6 heteroatoms. The van der Waals surface area contributed by atoms with E-state index in [4.69, 9.17) is 10.00 Å². The summed E-state index contributed by atoms with van der Waals surface area (Å²) in [4.78, 5) is 17.1. The van der Waals surface area contributed by atoms with Crippen LogP contribution in [-0.2, 0) is 0 Å². The fourth-order valence-electron chi connectivity index (χ4n) is 1.67. The topological polar surface area (TPSA) is 78.2 Å². The maximum Gasteiger partial charge on any atom is 0.317 e. The van der Waals surface area contributed by atoms with Gasteiger partial charge in [0.05, 0.1) is 13.1 Å². The number of nitrogens with zero attached hydrogens (tertiary/aromatic N) is 3. The Labute approximate surface area is 105 Å². The van der Waals surface area contributed by atoms with Crippen LogP contribution in [0.4, 0.5) is 4.79 Å². The fraction of sp³-hybridized carbons (Fsp3) is 0.417. The van der Waals surface area contributed by atoms with Gasteiger partial charge in [-0.25, -0.2) is 9.78 Å². The minimum Gasteiger partial charge on any atom is -0.470 e. The highest BCUT2D eigenvalue weighted by atomic mass is 16.5. The van der Waals surface area contributed by atoms with Gasteiger partial charge in [-0.1, -0.05) is 0 Å². The van der Waals surface area contributed by atoms with Crippen molar-refractivity contribution in [3.05, 3.63) is 23.9 Å². The van der Waals surface area contributed by atoms with E-state index in [0.29, 0.717) is 31.1 Å². The average molecular weight is 246 g/mol. The summed E-state index contributed by atoms with van der Waals surface area (Å²) >= 11 is 0. The van der Waals surface area contributed by atoms with Gasteiger partial charge in [0.15, 0.2) is 0 Å². The molecule has 1 saturated heterocycles. The molecule has 1 aromatic heterocycles. The first-order valence-corrected chi connectivity index (χ1v) is 5.79. The third kappa shape index (κ3) is 2.51. The molecule has 1 fully saturated rings. The normalized spacial score (nSPS) is 14.6. The molecule has 6 nitrogen and oxygen atoms in total. The number of carbonyl (C=O) groups excluding carboxylic acids is 1. The monoisotopic (exact) mass is 246 g/mol. The van der Waals surface area contributed by atoms with Gasteiger partial charge in [-0.2, -0.15) is 5.26 Å². The highest BCUT2D eigenvalue weighted by Gasteiger charge is 2.32. The number of ether oxygens (including phenoxy) is 1. The molecule has 1 aromatic rings. The van der Waals surface area contributed by atoms with Crippen molar-refractivity contribution in [2.75, 3.05) is 19.6 Å². The van der Waals surface area contributed by atoms with Crippen LogP contribution < -0.4 is 10.1 Å². The molecule has 2 heterocycles. The largest absolute Gasteiger partial charge is 0.470 e. The molecular weight excluding hydrogens is 232 g/mol. The van der Waals surface area contributed by atoms with E-state index in [-0.39, 0.29) is 12.1 Å². The summed E-state index contributed by atoms with van der Waals surface area (Å²) in [5, 5.41) is 11.6. The molecule has 0 aliphatic carbocycles. The van der Waals surface area contributed by atoms with Crippen LogP contribution in [0.5, 0.6) is 5.88 Å². The molecule has 0 spiro atoms. The smallest absolute Gasteiger partial charge is 0.317 e. The van der Waals surface area contributed by atoms with E-state index in [1.54, 1.807) is 23.2 Å². The molecule has 2 amide bonds. The summed E-state index contributed by atoms with van der Waals surface area (Å²) < 4.78 is 5.58. The number of hydrogen-bond acceptors (Lipinski definition) is 4. The molecule has 94 valence electrons. The third-order valence-corrected chi connectivity index (χ3v) is 2.63. The molecule has 0 saturated carbocycles. The van der Waals surface area contributed by atoms with E-state index in [0.717, 1.165) is 0 Å². The number of aromatic nitrogens is 1. The van der Waals surface area contributed by atoms with Gasteiger partial charge < -0.3 is 15.0 Å². The molecule has 0 atom stereocenters. The molecule has 0 radical (unpaired) electrons. The van der Waals surface area contributed by atoms with Crippen molar-refractivity contribution < 1.29 is 9.53 Å². The second kappa shape index (κ2) is 5.36. The van der Waals surface area contributed by atoms with Gasteiger partial charge in [-0.3, -0.25) is 0 Å². The van der Waals surface area contributed by atoms with Gasteiger partial charge in [0.2, 0.25) is 5.88 Å². The molecule has 0 aromatic carbocycles. The first-order chi connectivity index (χ1) is 8.74. The summed E-state index contributed by atoms with van der Waals surface area (Å²) in [6, 6.07) is 5.28. The Kier molecular flexibility index (Phi) is 3.63. The molecule has 1 N–H and O–H groups in total. The van der Waals surface area contributed by atoms with Gasteiger partial charge in [0, 0.05) is 12.7 Å². The third-order valence-electron chi connectivity index (χ3n) is 2.63. The number of carbonyl (C=O) groups is 1. The van der Waals surface area contributed by atoms with E-state index in [1.165, 1.54) is 0 Å². The van der Waals surface area contributed by atoms with Crippen molar-refractivity contribution in [3.63, 3.8) is 0 Å². The summed E-state index contributed by atoms with van der Waals surface area (Å²) in [7, 11) is 0. The van der Waals surface area contributed by atoms with Crippen LogP contribution in [0.25, 0.3) is 0 Å². The predicted octanol–water partition coefficient (Wildman–Crippen LogP) is 0.746. The predicted molar refractivity (Wildman–Crippen MR) is 64.0 cm³/mol. The van der Waals surface area contributed by atoms with Crippen molar-refractivity contribution in [2.24, 2.45) is 0 Å². The van der Waals surface area contributed by atoms with Crippen molar-refractivity contribution in [2.45, 2.75) is 13.0 Å². The van der Waals surface area contributed by atoms with Crippen molar-refractivity contribution >= 4 is 6.03 Å². The Balaban J connectivity index is 1.87. The Bertz CT molecular complexity index is 477. The van der Waals surface area contributed by atoms with Crippen molar-refractivity contribution in [3.8, 4) is 11.9 Å². The lowest BCUT2D eigenvalue weighted by Crippen LogP contribution is -2.58. The average Bonchev–Trinajstić information content (AvgIpc) is 2.33. The quantitative estimate of drug-likeness (QED) is 0.853. The number of amides is 2. The van der Waals surface area contributed by atoms with Gasteiger partial charge in [-0.05, 0) is 19.1 Å². The molecular formula is C12H14N4O2. The Hall–Kier alpha value is -2.29. The molecule has 0 unspecified atom stereocenters. The number of likely N-dealkylation sites (tertiary alicyclic amines) is 1. The maximum atomic E-state index is 11.4. The minimum atomic E-state index is -0.0883. The Morgan fingerprint density at radius 3 is 3.17 bits per heavy atom. The first-order valence-electron chi connectivity index (χ1n) is 5.79. The van der Waals surface area contributed by atoms with Crippen molar-refractivity contribution in [1.82, 2.24) is 15.2 Å². The van der Waals surface area contributed by atoms with Crippen LogP contribution >= 0.6 is 0 Å². The minimum absolute atomic E-state index is 0.0844. The summed E-state index contributed by atoms with van der Waals surface area (Å²) in [6.07, 6.45) is 1.49. The standard InChI is InChI=1S/C12H14N4O2/c1-2-14-12(17)16-7-10(8-16)18-11-9(6-13)4-3-5-15-11/h3-5,10H,2,7-8H2,1H3,(H,14,17). The van der Waals surface area contributed by atoms with Crippen LogP contribution in [0.2, 0.25) is 0 Å². The van der Waals surface area contributed by atoms with Gasteiger partial charge >= 0.3 is 6.03 Å². The Morgan fingerprint density at radius 2 is 2.50 bits per heavy atom. The van der Waals surface area contributed by atoms with Crippen LogP contribution in [0.1, 0.15) is 12.5 Å². The van der Waals surface area contributed by atoms with E-state index < -0.39 is 0 Å². The number of urea groups is 1. The number of nitriles is 1. The highest BCUT2D eigenvalue weighted by molar-refractivity contribution is 5.75. The SMILES string of the molecule is CCNC(=O)N1CC(Oc2ncccc2C#N)C1. The van der Waals surface area contributed by atoms with E-state index >= 15 is 0 Å². The van der Waals surface area contributed by atoms with E-state index in [2.05, 4.69) is 10.3 Å². The molecule has 18 heavy (non-hydrogen) atoms. The number of nitrogens with one attached hydrogen (secondary N) is 1. The zero-order valence-electron chi connectivity index (χ0n) is 10.1. The molecule has 1 aliphatic rings. The van der Waals surface area contributed by atoms with Crippen LogP contribution in [-0.4, -0.2) is 41.7 Å². The lowest BCUT2D eigenvalue weighted by molar-refractivity contribution is 0.0414. The van der Waals surface area contributed by atoms with E-state index in [9.17, 15) is 4.79 Å². The Morgan fingerprint density at radius 1 is 1.72 bits per heavy atom. The number of hydrogen-bond donors (Lipinski definition) is 1. The second-order valence-corrected chi connectivity index (χ2v) is 3.95. The van der Waals surface area contributed by atoms with Crippen molar-refractivity contribution in [1.29, 1.82) is 5.26 Å². The van der Waals surface area contributed by atoms with Crippen LogP contribution in [0.15, 0.2) is 18.3 Å². The molecule has 0 bridgehead atoms. The zero-order chi connectivity index (χ0) is 13.0. The van der Waals surface area contributed by atoms with E-state index in [1.807, 2.05) is 13.0 Å². The second-order valence-electron chi connectivity index (χ2n) is 3.95. The van der Waals surface area contributed by atoms with Gasteiger partial charge in [0.1, 0.15) is 17.7 Å². The molecule has 1 aliphatic heterocycles. The highest BCUT2D eigenvalue weighted by Crippen LogP contribution is 2.19. The van der Waals surface area contributed by atoms with Gasteiger partial charge in [-0.15, -0.1) is 0 Å².